The highest BCUT2D eigenvalue weighted by Gasteiger charge is 2.27. The minimum absolute atomic E-state index is 0.240. The predicted octanol–water partition coefficient (Wildman–Crippen LogP) is 1.95. The molecule has 12 heavy (non-hydrogen) atoms. The summed E-state index contributed by atoms with van der Waals surface area (Å²) in [5, 5.41) is 2.74. The Bertz CT molecular complexity index is 152. The van der Waals surface area contributed by atoms with Crippen LogP contribution in [0.15, 0.2) is 0 Å². The van der Waals surface area contributed by atoms with Crippen LogP contribution < -0.4 is 5.32 Å². The maximum Gasteiger partial charge on any atom is 0.222 e. The molecule has 0 aromatic carbocycles. The van der Waals surface area contributed by atoms with Gasteiger partial charge in [0, 0.05) is 13.0 Å². The minimum Gasteiger partial charge on any atom is -0.359 e. The fourth-order valence-electron chi connectivity index (χ4n) is 1.66. The lowest BCUT2D eigenvalue weighted by Crippen LogP contribution is -2.27. The van der Waals surface area contributed by atoms with Gasteiger partial charge in [-0.1, -0.05) is 26.2 Å². The zero-order valence-electron chi connectivity index (χ0n) is 8.10. The first-order valence-corrected chi connectivity index (χ1v) is 4.99. The molecule has 2 heteroatoms. The van der Waals surface area contributed by atoms with Gasteiger partial charge in [-0.3, -0.25) is 4.79 Å². The van der Waals surface area contributed by atoms with Crippen LogP contribution in [0.25, 0.3) is 0 Å². The van der Waals surface area contributed by atoms with Crippen molar-refractivity contribution in [2.75, 3.05) is 7.05 Å². The molecule has 70 valence electrons. The third-order valence-electron chi connectivity index (χ3n) is 2.57. The third-order valence-corrected chi connectivity index (χ3v) is 2.57. The SMILES string of the molecule is CCCC(CC1CC1)C(=O)NC. The van der Waals surface area contributed by atoms with Gasteiger partial charge in [0.15, 0.2) is 0 Å². The Kier molecular flexibility index (Phi) is 3.57. The largest absolute Gasteiger partial charge is 0.359 e. The molecule has 0 heterocycles. The zero-order valence-corrected chi connectivity index (χ0v) is 8.10. The van der Waals surface area contributed by atoms with E-state index in [-0.39, 0.29) is 11.8 Å². The fraction of sp³-hybridized carbons (Fsp3) is 0.900. The van der Waals surface area contributed by atoms with Gasteiger partial charge < -0.3 is 5.32 Å². The number of hydrogen-bond acceptors (Lipinski definition) is 1. The van der Waals surface area contributed by atoms with Crippen LogP contribution >= 0.6 is 0 Å². The maximum atomic E-state index is 11.4. The first-order chi connectivity index (χ1) is 5.77. The molecule has 0 spiro atoms. The van der Waals surface area contributed by atoms with E-state index < -0.39 is 0 Å². The fourth-order valence-corrected chi connectivity index (χ4v) is 1.66. The van der Waals surface area contributed by atoms with E-state index >= 15 is 0 Å². The molecule has 1 N–H and O–H groups in total. The molecule has 1 unspecified atom stereocenters. The van der Waals surface area contributed by atoms with Crippen LogP contribution in [0.2, 0.25) is 0 Å². The lowest BCUT2D eigenvalue weighted by molar-refractivity contribution is -0.125. The molecule has 0 aliphatic heterocycles. The quantitative estimate of drug-likeness (QED) is 0.669. The standard InChI is InChI=1S/C10H19NO/c1-3-4-9(10(12)11-2)7-8-5-6-8/h8-9H,3-7H2,1-2H3,(H,11,12). The Morgan fingerprint density at radius 3 is 2.67 bits per heavy atom. The van der Waals surface area contributed by atoms with Crippen molar-refractivity contribution in [3.8, 4) is 0 Å². The summed E-state index contributed by atoms with van der Waals surface area (Å²) in [5.74, 6) is 1.38. The van der Waals surface area contributed by atoms with Gasteiger partial charge in [-0.05, 0) is 18.8 Å². The second kappa shape index (κ2) is 4.48. The van der Waals surface area contributed by atoms with E-state index in [1.165, 1.54) is 12.8 Å². The molecule has 0 radical (unpaired) electrons. The number of amides is 1. The molecule has 1 amide bonds. The van der Waals surface area contributed by atoms with E-state index in [4.69, 9.17) is 0 Å². The average Bonchev–Trinajstić information content (AvgIpc) is 2.86. The van der Waals surface area contributed by atoms with Gasteiger partial charge in [0.05, 0.1) is 0 Å². The van der Waals surface area contributed by atoms with E-state index in [2.05, 4.69) is 12.2 Å². The predicted molar refractivity (Wildman–Crippen MR) is 49.8 cm³/mol. The van der Waals surface area contributed by atoms with Crippen molar-refractivity contribution < 1.29 is 4.79 Å². The van der Waals surface area contributed by atoms with Crippen LogP contribution in [0, 0.1) is 11.8 Å². The van der Waals surface area contributed by atoms with Gasteiger partial charge in [0.1, 0.15) is 0 Å². The molecule has 1 aliphatic rings. The van der Waals surface area contributed by atoms with Crippen molar-refractivity contribution in [2.45, 2.75) is 39.0 Å². The molecule has 2 nitrogen and oxygen atoms in total. The van der Waals surface area contributed by atoms with Crippen LogP contribution in [0.4, 0.5) is 0 Å². The minimum atomic E-state index is 0.240. The average molecular weight is 169 g/mol. The van der Waals surface area contributed by atoms with E-state index in [1.807, 2.05) is 0 Å². The van der Waals surface area contributed by atoms with E-state index in [9.17, 15) is 4.79 Å². The molecule has 0 bridgehead atoms. The monoisotopic (exact) mass is 169 g/mol. The number of carbonyl (C=O) groups excluding carboxylic acids is 1. The first-order valence-electron chi connectivity index (χ1n) is 4.99. The van der Waals surface area contributed by atoms with Crippen LogP contribution in [0.1, 0.15) is 39.0 Å². The first kappa shape index (κ1) is 9.56. The van der Waals surface area contributed by atoms with Gasteiger partial charge in [0.25, 0.3) is 0 Å². The van der Waals surface area contributed by atoms with E-state index in [0.29, 0.717) is 0 Å². The van der Waals surface area contributed by atoms with Gasteiger partial charge in [-0.15, -0.1) is 0 Å². The number of carbonyl (C=O) groups is 1. The summed E-state index contributed by atoms with van der Waals surface area (Å²) in [6, 6.07) is 0. The van der Waals surface area contributed by atoms with E-state index in [1.54, 1.807) is 7.05 Å². The number of nitrogens with one attached hydrogen (secondary N) is 1. The number of rotatable bonds is 5. The molecule has 1 saturated carbocycles. The van der Waals surface area contributed by atoms with Crippen molar-refractivity contribution in [1.82, 2.24) is 5.32 Å². The Labute approximate surface area is 74.7 Å². The summed E-state index contributed by atoms with van der Waals surface area (Å²) in [4.78, 5) is 11.4. The van der Waals surface area contributed by atoms with Crippen molar-refractivity contribution in [1.29, 1.82) is 0 Å². The molecule has 1 fully saturated rings. The Morgan fingerprint density at radius 2 is 2.25 bits per heavy atom. The Balaban J connectivity index is 2.30. The molecule has 1 rings (SSSR count). The summed E-state index contributed by atoms with van der Waals surface area (Å²) in [6.07, 6.45) is 5.98. The summed E-state index contributed by atoms with van der Waals surface area (Å²) in [6.45, 7) is 2.14. The van der Waals surface area contributed by atoms with Crippen LogP contribution in [0.5, 0.6) is 0 Å². The van der Waals surface area contributed by atoms with Crippen molar-refractivity contribution in [3.63, 3.8) is 0 Å². The number of hydrogen-bond donors (Lipinski definition) is 1. The summed E-state index contributed by atoms with van der Waals surface area (Å²) >= 11 is 0. The van der Waals surface area contributed by atoms with Crippen molar-refractivity contribution in [2.24, 2.45) is 11.8 Å². The molecular weight excluding hydrogens is 150 g/mol. The lowest BCUT2D eigenvalue weighted by atomic mass is 9.96. The van der Waals surface area contributed by atoms with Gasteiger partial charge in [-0.2, -0.15) is 0 Å². The van der Waals surface area contributed by atoms with Crippen LogP contribution in [0.3, 0.4) is 0 Å². The van der Waals surface area contributed by atoms with Crippen LogP contribution in [-0.4, -0.2) is 13.0 Å². The van der Waals surface area contributed by atoms with Crippen LogP contribution in [-0.2, 0) is 4.79 Å². The molecule has 1 aliphatic carbocycles. The highest BCUT2D eigenvalue weighted by Crippen LogP contribution is 2.36. The summed E-state index contributed by atoms with van der Waals surface area (Å²) < 4.78 is 0. The molecule has 0 saturated heterocycles. The zero-order chi connectivity index (χ0) is 8.97. The van der Waals surface area contributed by atoms with Gasteiger partial charge in [-0.25, -0.2) is 0 Å². The second-order valence-corrected chi connectivity index (χ2v) is 3.78. The molecule has 1 atom stereocenters. The van der Waals surface area contributed by atoms with Crippen molar-refractivity contribution >= 4 is 5.91 Å². The van der Waals surface area contributed by atoms with Crippen molar-refractivity contribution in [3.05, 3.63) is 0 Å². The smallest absolute Gasteiger partial charge is 0.222 e. The van der Waals surface area contributed by atoms with E-state index in [0.717, 1.165) is 25.2 Å². The normalized spacial score (nSPS) is 18.8. The third kappa shape index (κ3) is 2.84. The summed E-state index contributed by atoms with van der Waals surface area (Å²) in [5.41, 5.74) is 0. The molecular formula is C10H19NO. The molecule has 0 aromatic rings. The topological polar surface area (TPSA) is 29.1 Å². The maximum absolute atomic E-state index is 11.4. The lowest BCUT2D eigenvalue weighted by Gasteiger charge is -2.13. The Hall–Kier alpha value is -0.530. The molecule has 0 aromatic heterocycles. The van der Waals surface area contributed by atoms with Gasteiger partial charge in [0.2, 0.25) is 5.91 Å². The second-order valence-electron chi connectivity index (χ2n) is 3.78. The summed E-state index contributed by atoms with van der Waals surface area (Å²) in [7, 11) is 1.73. The highest BCUT2D eigenvalue weighted by molar-refractivity contribution is 5.78. The Morgan fingerprint density at radius 1 is 1.58 bits per heavy atom. The highest BCUT2D eigenvalue weighted by atomic mass is 16.1. The van der Waals surface area contributed by atoms with Gasteiger partial charge >= 0.3 is 0 Å².